The molecule has 132 valence electrons. The Bertz CT molecular complexity index is 545. The molecule has 0 unspecified atom stereocenters. The van der Waals surface area contributed by atoms with Crippen LogP contribution in [0.2, 0.25) is 0 Å². The van der Waals surface area contributed by atoms with Crippen LogP contribution in [0.4, 0.5) is 4.39 Å². The number of amides is 1. The molecule has 1 aliphatic carbocycles. The molecule has 0 N–H and O–H groups in total. The van der Waals surface area contributed by atoms with Crippen molar-refractivity contribution in [3.63, 3.8) is 0 Å². The van der Waals surface area contributed by atoms with Crippen molar-refractivity contribution in [1.29, 1.82) is 0 Å². The molecule has 3 nitrogen and oxygen atoms in total. The molecule has 1 heterocycles. The van der Waals surface area contributed by atoms with Crippen LogP contribution in [0.5, 0.6) is 0 Å². The molecule has 0 spiro atoms. The largest absolute Gasteiger partial charge is 0.381 e. The van der Waals surface area contributed by atoms with E-state index in [2.05, 4.69) is 0 Å². The molecule has 3 atom stereocenters. The number of halogens is 1. The predicted octanol–water partition coefficient (Wildman–Crippen LogP) is 3.81. The van der Waals surface area contributed by atoms with Crippen molar-refractivity contribution in [3.8, 4) is 0 Å². The lowest BCUT2D eigenvalue weighted by molar-refractivity contribution is -0.131. The van der Waals surface area contributed by atoms with E-state index in [-0.39, 0.29) is 5.82 Å². The molecule has 1 saturated heterocycles. The topological polar surface area (TPSA) is 29.5 Å². The van der Waals surface area contributed by atoms with E-state index in [4.69, 9.17) is 4.74 Å². The Morgan fingerprint density at radius 3 is 2.75 bits per heavy atom. The molecule has 2 aliphatic rings. The Balaban J connectivity index is 1.46. The zero-order chi connectivity index (χ0) is 16.9. The first-order chi connectivity index (χ1) is 11.6. The molecule has 2 fully saturated rings. The smallest absolute Gasteiger partial charge is 0.222 e. The molecule has 1 saturated carbocycles. The van der Waals surface area contributed by atoms with E-state index in [0.29, 0.717) is 30.3 Å². The minimum Gasteiger partial charge on any atom is -0.381 e. The summed E-state index contributed by atoms with van der Waals surface area (Å²) in [5.41, 5.74) is 1.16. The second kappa shape index (κ2) is 8.11. The zero-order valence-electron chi connectivity index (χ0n) is 14.5. The van der Waals surface area contributed by atoms with Crippen LogP contribution in [0, 0.1) is 17.7 Å². The average molecular weight is 333 g/mol. The van der Waals surface area contributed by atoms with Gasteiger partial charge in [-0.3, -0.25) is 4.79 Å². The highest BCUT2D eigenvalue weighted by Crippen LogP contribution is 2.30. The van der Waals surface area contributed by atoms with Gasteiger partial charge in [0.25, 0.3) is 0 Å². The van der Waals surface area contributed by atoms with E-state index >= 15 is 0 Å². The van der Waals surface area contributed by atoms with Crippen molar-refractivity contribution in [3.05, 3.63) is 35.6 Å². The molecule has 3 rings (SSSR count). The van der Waals surface area contributed by atoms with Crippen LogP contribution in [0.25, 0.3) is 0 Å². The number of carbonyl (C=O) groups is 1. The fraction of sp³-hybridized carbons (Fsp3) is 0.650. The van der Waals surface area contributed by atoms with Crippen molar-refractivity contribution in [2.75, 3.05) is 20.2 Å². The minimum absolute atomic E-state index is 0.191. The summed E-state index contributed by atoms with van der Waals surface area (Å²) in [4.78, 5) is 14.6. The molecule has 1 aromatic carbocycles. The molecule has 0 aromatic heterocycles. The van der Waals surface area contributed by atoms with Gasteiger partial charge in [-0.2, -0.15) is 0 Å². The molecule has 24 heavy (non-hydrogen) atoms. The third kappa shape index (κ3) is 4.56. The van der Waals surface area contributed by atoms with Crippen molar-refractivity contribution >= 4 is 5.91 Å². The number of rotatable bonds is 5. The highest BCUT2D eigenvalue weighted by atomic mass is 19.1. The SMILES string of the molecule is CO[C@@H]1CCC[C@@H](CC(=O)N2CC[C@@H](Cc3ccc(F)cc3)C2)C1. The van der Waals surface area contributed by atoms with Gasteiger partial charge in [-0.25, -0.2) is 4.39 Å². The summed E-state index contributed by atoms with van der Waals surface area (Å²) in [5.74, 6) is 1.09. The molecular formula is C20H28FNO2. The summed E-state index contributed by atoms with van der Waals surface area (Å²) in [7, 11) is 1.77. The first kappa shape index (κ1) is 17.4. The van der Waals surface area contributed by atoms with Crippen molar-refractivity contribution in [1.82, 2.24) is 4.90 Å². The van der Waals surface area contributed by atoms with Gasteiger partial charge >= 0.3 is 0 Å². The van der Waals surface area contributed by atoms with Crippen LogP contribution in [0.3, 0.4) is 0 Å². The lowest BCUT2D eigenvalue weighted by Gasteiger charge is -2.29. The standard InChI is InChI=1S/C20H28FNO2/c1-24-19-4-2-3-16(12-19)13-20(23)22-10-9-17(14-22)11-15-5-7-18(21)8-6-15/h5-8,16-17,19H,2-4,9-14H2,1H3/t16-,17+,19-/m1/s1. The second-order valence-electron chi connectivity index (χ2n) is 7.42. The van der Waals surface area contributed by atoms with E-state index in [9.17, 15) is 9.18 Å². The summed E-state index contributed by atoms with van der Waals surface area (Å²) in [6, 6.07) is 6.74. The quantitative estimate of drug-likeness (QED) is 0.820. The maximum Gasteiger partial charge on any atom is 0.222 e. The van der Waals surface area contributed by atoms with Crippen molar-refractivity contribution in [2.45, 2.75) is 51.0 Å². The Morgan fingerprint density at radius 2 is 2.00 bits per heavy atom. The summed E-state index contributed by atoms with van der Waals surface area (Å²) >= 11 is 0. The van der Waals surface area contributed by atoms with Crippen LogP contribution >= 0.6 is 0 Å². The fourth-order valence-electron chi connectivity index (χ4n) is 4.20. The number of carbonyl (C=O) groups excluding carboxylic acids is 1. The summed E-state index contributed by atoms with van der Waals surface area (Å²) < 4.78 is 18.5. The van der Waals surface area contributed by atoms with Crippen molar-refractivity contribution < 1.29 is 13.9 Å². The third-order valence-corrected chi connectivity index (χ3v) is 5.61. The Morgan fingerprint density at radius 1 is 1.21 bits per heavy atom. The summed E-state index contributed by atoms with van der Waals surface area (Å²) in [6.45, 7) is 1.71. The maximum absolute atomic E-state index is 13.0. The van der Waals surface area contributed by atoms with Gasteiger partial charge in [0.1, 0.15) is 5.82 Å². The Hall–Kier alpha value is -1.42. The molecule has 1 aromatic rings. The molecule has 0 bridgehead atoms. The van der Waals surface area contributed by atoms with E-state index < -0.39 is 0 Å². The highest BCUT2D eigenvalue weighted by molar-refractivity contribution is 5.76. The number of likely N-dealkylation sites (tertiary alicyclic amines) is 1. The van der Waals surface area contributed by atoms with E-state index in [1.165, 1.54) is 18.6 Å². The zero-order valence-corrected chi connectivity index (χ0v) is 14.5. The van der Waals surface area contributed by atoms with Gasteiger partial charge < -0.3 is 9.64 Å². The Kier molecular flexibility index (Phi) is 5.88. The van der Waals surface area contributed by atoms with Gasteiger partial charge in [0.2, 0.25) is 5.91 Å². The lowest BCUT2D eigenvalue weighted by Crippen LogP contribution is -2.32. The molecule has 4 heteroatoms. The van der Waals surface area contributed by atoms with E-state index in [1.54, 1.807) is 7.11 Å². The first-order valence-corrected chi connectivity index (χ1v) is 9.19. The number of hydrogen-bond acceptors (Lipinski definition) is 2. The van der Waals surface area contributed by atoms with Crippen LogP contribution in [-0.4, -0.2) is 37.1 Å². The van der Waals surface area contributed by atoms with E-state index in [1.807, 2.05) is 17.0 Å². The van der Waals surface area contributed by atoms with Crippen molar-refractivity contribution in [2.24, 2.45) is 11.8 Å². The highest BCUT2D eigenvalue weighted by Gasteiger charge is 2.29. The van der Waals surface area contributed by atoms with Gasteiger partial charge in [0.05, 0.1) is 6.10 Å². The molecule has 0 radical (unpaired) electrons. The van der Waals surface area contributed by atoms with Crippen LogP contribution in [-0.2, 0) is 16.0 Å². The van der Waals surface area contributed by atoms with Gasteiger partial charge in [-0.05, 0) is 61.6 Å². The number of methoxy groups -OCH3 is 1. The average Bonchev–Trinajstić information content (AvgIpc) is 3.06. The molecule has 1 amide bonds. The normalized spacial score (nSPS) is 27.4. The van der Waals surface area contributed by atoms with Gasteiger partial charge in [0, 0.05) is 26.6 Å². The van der Waals surface area contributed by atoms with E-state index in [0.717, 1.165) is 50.8 Å². The predicted molar refractivity (Wildman–Crippen MR) is 92.2 cm³/mol. The van der Waals surface area contributed by atoms with Gasteiger partial charge in [0.15, 0.2) is 0 Å². The monoisotopic (exact) mass is 333 g/mol. The first-order valence-electron chi connectivity index (χ1n) is 9.19. The minimum atomic E-state index is -0.191. The summed E-state index contributed by atoms with van der Waals surface area (Å²) in [5, 5.41) is 0. The Labute approximate surface area is 144 Å². The van der Waals surface area contributed by atoms with Crippen LogP contribution in [0.1, 0.15) is 44.1 Å². The number of ether oxygens (including phenoxy) is 1. The lowest BCUT2D eigenvalue weighted by atomic mass is 9.85. The number of nitrogens with zero attached hydrogens (tertiary/aromatic N) is 1. The number of hydrogen-bond donors (Lipinski definition) is 0. The molecule has 1 aliphatic heterocycles. The number of benzene rings is 1. The van der Waals surface area contributed by atoms with Gasteiger partial charge in [-0.1, -0.05) is 18.6 Å². The molecular weight excluding hydrogens is 305 g/mol. The maximum atomic E-state index is 13.0. The van der Waals surface area contributed by atoms with Crippen LogP contribution < -0.4 is 0 Å². The second-order valence-corrected chi connectivity index (χ2v) is 7.42. The van der Waals surface area contributed by atoms with Gasteiger partial charge in [-0.15, -0.1) is 0 Å². The third-order valence-electron chi connectivity index (χ3n) is 5.61. The summed E-state index contributed by atoms with van der Waals surface area (Å²) in [6.07, 6.45) is 7.46. The van der Waals surface area contributed by atoms with Crippen LogP contribution in [0.15, 0.2) is 24.3 Å². The fourth-order valence-corrected chi connectivity index (χ4v) is 4.20.